The predicted octanol–water partition coefficient (Wildman–Crippen LogP) is 3.37. The first kappa shape index (κ1) is 15.7. The molecule has 0 radical (unpaired) electrons. The van der Waals surface area contributed by atoms with E-state index in [1.165, 1.54) is 0 Å². The molecule has 21 heavy (non-hydrogen) atoms. The van der Waals surface area contributed by atoms with Crippen molar-refractivity contribution in [3.8, 4) is 17.2 Å². The number of ether oxygens (including phenoxy) is 3. The van der Waals surface area contributed by atoms with Crippen LogP contribution in [0.3, 0.4) is 0 Å². The Morgan fingerprint density at radius 1 is 0.952 bits per heavy atom. The summed E-state index contributed by atoms with van der Waals surface area (Å²) in [5, 5.41) is 0. The quantitative estimate of drug-likeness (QED) is 0.777. The van der Waals surface area contributed by atoms with Crippen LogP contribution in [0.15, 0.2) is 46.9 Å². The molecule has 0 atom stereocenters. The number of methoxy groups -OCH3 is 1. The molecule has 0 heterocycles. The molecule has 2 N–H and O–H groups in total. The van der Waals surface area contributed by atoms with E-state index in [1.807, 2.05) is 42.5 Å². The van der Waals surface area contributed by atoms with Crippen molar-refractivity contribution >= 4 is 15.9 Å². The predicted molar refractivity (Wildman–Crippen MR) is 86.0 cm³/mol. The number of rotatable bonds is 7. The summed E-state index contributed by atoms with van der Waals surface area (Å²) in [6.45, 7) is 1.38. The Labute approximate surface area is 132 Å². The van der Waals surface area contributed by atoms with Gasteiger partial charge < -0.3 is 19.9 Å². The van der Waals surface area contributed by atoms with Gasteiger partial charge in [-0.3, -0.25) is 0 Å². The molecule has 0 aliphatic heterocycles. The summed E-state index contributed by atoms with van der Waals surface area (Å²) in [7, 11) is 1.61. The van der Waals surface area contributed by atoms with Crippen LogP contribution in [0.4, 0.5) is 0 Å². The van der Waals surface area contributed by atoms with E-state index in [-0.39, 0.29) is 0 Å². The molecular weight excluding hydrogens is 334 g/mol. The van der Waals surface area contributed by atoms with Crippen molar-refractivity contribution in [1.29, 1.82) is 0 Å². The zero-order chi connectivity index (χ0) is 15.1. The van der Waals surface area contributed by atoms with E-state index in [0.717, 1.165) is 15.8 Å². The van der Waals surface area contributed by atoms with Crippen LogP contribution in [0.2, 0.25) is 0 Å². The Balaban J connectivity index is 1.84. The third-order valence-electron chi connectivity index (χ3n) is 2.89. The van der Waals surface area contributed by atoms with E-state index in [2.05, 4.69) is 15.9 Å². The maximum atomic E-state index is 5.67. The summed E-state index contributed by atoms with van der Waals surface area (Å²) in [6.07, 6.45) is 0. The normalized spacial score (nSPS) is 10.2. The molecule has 0 saturated carbocycles. The van der Waals surface area contributed by atoms with Crippen LogP contribution in [-0.2, 0) is 6.54 Å². The topological polar surface area (TPSA) is 53.7 Å². The molecule has 0 fully saturated rings. The van der Waals surface area contributed by atoms with E-state index in [1.54, 1.807) is 7.11 Å². The van der Waals surface area contributed by atoms with Gasteiger partial charge in [-0.1, -0.05) is 22.0 Å². The maximum Gasteiger partial charge on any atom is 0.161 e. The molecular formula is C16H18BrNO3. The summed E-state index contributed by atoms with van der Waals surface area (Å²) >= 11 is 3.38. The third-order valence-corrected chi connectivity index (χ3v) is 3.42. The fourth-order valence-electron chi connectivity index (χ4n) is 1.80. The lowest BCUT2D eigenvalue weighted by atomic mass is 10.2. The summed E-state index contributed by atoms with van der Waals surface area (Å²) in [5.74, 6) is 2.18. The molecule has 0 unspecified atom stereocenters. The molecule has 2 rings (SSSR count). The van der Waals surface area contributed by atoms with Gasteiger partial charge in [0.05, 0.1) is 7.11 Å². The minimum atomic E-state index is 0.439. The highest BCUT2D eigenvalue weighted by atomic mass is 79.9. The molecule has 0 bridgehead atoms. The molecule has 2 aromatic rings. The highest BCUT2D eigenvalue weighted by molar-refractivity contribution is 9.10. The Kier molecular flexibility index (Phi) is 5.90. The number of benzene rings is 2. The van der Waals surface area contributed by atoms with Crippen molar-refractivity contribution in [2.45, 2.75) is 6.54 Å². The van der Waals surface area contributed by atoms with E-state index < -0.39 is 0 Å². The van der Waals surface area contributed by atoms with Crippen LogP contribution in [0.1, 0.15) is 5.56 Å². The van der Waals surface area contributed by atoms with Crippen molar-refractivity contribution in [3.63, 3.8) is 0 Å². The molecule has 4 nitrogen and oxygen atoms in total. The van der Waals surface area contributed by atoms with Gasteiger partial charge in [0.2, 0.25) is 0 Å². The van der Waals surface area contributed by atoms with Crippen molar-refractivity contribution in [1.82, 2.24) is 0 Å². The number of hydrogen-bond acceptors (Lipinski definition) is 4. The lowest BCUT2D eigenvalue weighted by Crippen LogP contribution is -2.09. The number of nitrogens with two attached hydrogens (primary N) is 1. The summed E-state index contributed by atoms with van der Waals surface area (Å²) < 4.78 is 17.6. The average molecular weight is 352 g/mol. The molecule has 112 valence electrons. The van der Waals surface area contributed by atoms with Crippen LogP contribution in [-0.4, -0.2) is 20.3 Å². The van der Waals surface area contributed by atoms with E-state index in [9.17, 15) is 0 Å². The molecule has 0 spiro atoms. The van der Waals surface area contributed by atoms with Crippen molar-refractivity contribution in [2.75, 3.05) is 20.3 Å². The minimum Gasteiger partial charge on any atom is -0.493 e. The summed E-state index contributed by atoms with van der Waals surface area (Å²) in [4.78, 5) is 0. The first-order valence-electron chi connectivity index (χ1n) is 6.61. The van der Waals surface area contributed by atoms with Gasteiger partial charge in [0.1, 0.15) is 19.0 Å². The lowest BCUT2D eigenvalue weighted by Gasteiger charge is -2.12. The molecule has 0 aromatic heterocycles. The molecule has 5 heteroatoms. The molecule has 0 amide bonds. The van der Waals surface area contributed by atoms with Gasteiger partial charge in [-0.15, -0.1) is 0 Å². The number of hydrogen-bond donors (Lipinski definition) is 1. The molecule has 2 aromatic carbocycles. The van der Waals surface area contributed by atoms with Crippen molar-refractivity contribution < 1.29 is 14.2 Å². The fourth-order valence-corrected chi connectivity index (χ4v) is 2.06. The van der Waals surface area contributed by atoms with Gasteiger partial charge in [-0.05, 0) is 42.0 Å². The van der Waals surface area contributed by atoms with Gasteiger partial charge in [0, 0.05) is 11.0 Å². The highest BCUT2D eigenvalue weighted by Gasteiger charge is 2.05. The average Bonchev–Trinajstić information content (AvgIpc) is 2.53. The Morgan fingerprint density at radius 2 is 1.67 bits per heavy atom. The highest BCUT2D eigenvalue weighted by Crippen LogP contribution is 2.27. The van der Waals surface area contributed by atoms with Crippen LogP contribution >= 0.6 is 15.9 Å². The molecule has 0 aliphatic carbocycles. The van der Waals surface area contributed by atoms with Crippen LogP contribution in [0.5, 0.6) is 17.2 Å². The van der Waals surface area contributed by atoms with Crippen molar-refractivity contribution in [3.05, 3.63) is 52.5 Å². The fraction of sp³-hybridized carbons (Fsp3) is 0.250. The van der Waals surface area contributed by atoms with Crippen LogP contribution in [0, 0.1) is 0 Å². The largest absolute Gasteiger partial charge is 0.493 e. The Morgan fingerprint density at radius 3 is 2.33 bits per heavy atom. The second kappa shape index (κ2) is 7.90. The minimum absolute atomic E-state index is 0.439. The van der Waals surface area contributed by atoms with Crippen LogP contribution in [0.25, 0.3) is 0 Å². The van der Waals surface area contributed by atoms with Gasteiger partial charge in [-0.2, -0.15) is 0 Å². The summed E-state index contributed by atoms with van der Waals surface area (Å²) in [5.41, 5.74) is 6.61. The van der Waals surface area contributed by atoms with E-state index in [4.69, 9.17) is 19.9 Å². The van der Waals surface area contributed by atoms with Crippen molar-refractivity contribution in [2.24, 2.45) is 5.73 Å². The zero-order valence-corrected chi connectivity index (χ0v) is 13.4. The standard InChI is InChI=1S/C16H18BrNO3/c1-19-16-10-12(11-18)2-7-15(16)21-9-8-20-14-5-3-13(17)4-6-14/h2-7,10H,8-9,11,18H2,1H3. The molecule has 0 aliphatic rings. The van der Waals surface area contributed by atoms with E-state index in [0.29, 0.717) is 31.3 Å². The zero-order valence-electron chi connectivity index (χ0n) is 11.8. The van der Waals surface area contributed by atoms with Gasteiger partial charge in [0.15, 0.2) is 11.5 Å². The Bertz CT molecular complexity index is 572. The van der Waals surface area contributed by atoms with Gasteiger partial charge in [-0.25, -0.2) is 0 Å². The molecule has 0 saturated heterocycles. The number of halogens is 1. The van der Waals surface area contributed by atoms with Gasteiger partial charge >= 0.3 is 0 Å². The van der Waals surface area contributed by atoms with Gasteiger partial charge in [0.25, 0.3) is 0 Å². The Hall–Kier alpha value is -1.72. The SMILES string of the molecule is COc1cc(CN)ccc1OCCOc1ccc(Br)cc1. The smallest absolute Gasteiger partial charge is 0.161 e. The van der Waals surface area contributed by atoms with Crippen LogP contribution < -0.4 is 19.9 Å². The second-order valence-electron chi connectivity index (χ2n) is 4.34. The first-order valence-corrected chi connectivity index (χ1v) is 7.40. The van der Waals surface area contributed by atoms with E-state index >= 15 is 0 Å². The second-order valence-corrected chi connectivity index (χ2v) is 5.26. The maximum absolute atomic E-state index is 5.67. The summed E-state index contributed by atoms with van der Waals surface area (Å²) in [6, 6.07) is 13.3. The third kappa shape index (κ3) is 4.65. The lowest BCUT2D eigenvalue weighted by molar-refractivity contribution is 0.211. The first-order chi connectivity index (χ1) is 10.2. The monoisotopic (exact) mass is 351 g/mol.